The molecule has 1 N–H and O–H groups in total. The van der Waals surface area contributed by atoms with Gasteiger partial charge in [0.15, 0.2) is 17.2 Å². The molecule has 3 heteroatoms. The van der Waals surface area contributed by atoms with Crippen LogP contribution in [0.4, 0.5) is 0 Å². The molecule has 2 rings (SSSR count). The van der Waals surface area contributed by atoms with Crippen LogP contribution in [0.2, 0.25) is 0 Å². The maximum atomic E-state index is 12.6. The van der Waals surface area contributed by atoms with Gasteiger partial charge in [-0.15, -0.1) is 0 Å². The lowest BCUT2D eigenvalue weighted by atomic mass is 9.70. The standard InChI is InChI=1S/C16H24O3/c1-14(2)12(17)16(19,13(18)15(14,3)4)10-11-8-6-5-7-9-11/h8,19H,5-7,9-10H2,1-4H3. The molecule has 0 amide bonds. The molecule has 3 nitrogen and oxygen atoms in total. The molecule has 0 aromatic rings. The number of hydrogen-bond acceptors (Lipinski definition) is 3. The molecule has 0 bridgehead atoms. The fourth-order valence-corrected chi connectivity index (χ4v) is 3.26. The molecule has 2 aliphatic carbocycles. The minimum Gasteiger partial charge on any atom is -0.374 e. The first-order chi connectivity index (χ1) is 8.64. The van der Waals surface area contributed by atoms with Crippen molar-refractivity contribution in [3.63, 3.8) is 0 Å². The van der Waals surface area contributed by atoms with Crippen LogP contribution in [-0.4, -0.2) is 22.3 Å². The fourth-order valence-electron chi connectivity index (χ4n) is 3.26. The van der Waals surface area contributed by atoms with E-state index in [1.807, 2.05) is 0 Å². The first-order valence-electron chi connectivity index (χ1n) is 7.14. The van der Waals surface area contributed by atoms with Gasteiger partial charge in [-0.3, -0.25) is 9.59 Å². The number of allylic oxidation sites excluding steroid dienone is 1. The Kier molecular flexibility index (Phi) is 3.25. The van der Waals surface area contributed by atoms with Gasteiger partial charge in [0, 0.05) is 17.3 Å². The van der Waals surface area contributed by atoms with E-state index in [4.69, 9.17) is 0 Å². The highest BCUT2D eigenvalue weighted by atomic mass is 16.3. The summed E-state index contributed by atoms with van der Waals surface area (Å²) in [7, 11) is 0. The normalized spacial score (nSPS) is 28.4. The van der Waals surface area contributed by atoms with E-state index in [0.717, 1.165) is 31.3 Å². The van der Waals surface area contributed by atoms with Crippen molar-refractivity contribution in [3.8, 4) is 0 Å². The largest absolute Gasteiger partial charge is 0.374 e. The first-order valence-corrected chi connectivity index (χ1v) is 7.14. The molecule has 0 spiro atoms. The summed E-state index contributed by atoms with van der Waals surface area (Å²) in [4.78, 5) is 25.1. The minimum absolute atomic E-state index is 0.192. The summed E-state index contributed by atoms with van der Waals surface area (Å²) < 4.78 is 0. The van der Waals surface area contributed by atoms with Crippen LogP contribution in [0.25, 0.3) is 0 Å². The summed E-state index contributed by atoms with van der Waals surface area (Å²) in [6.45, 7) is 7.06. The van der Waals surface area contributed by atoms with Crippen LogP contribution >= 0.6 is 0 Å². The topological polar surface area (TPSA) is 54.4 Å². The van der Waals surface area contributed by atoms with Crippen molar-refractivity contribution in [2.24, 2.45) is 10.8 Å². The Balaban J connectivity index is 2.35. The van der Waals surface area contributed by atoms with Crippen LogP contribution in [0, 0.1) is 10.8 Å². The summed E-state index contributed by atoms with van der Waals surface area (Å²) in [6, 6.07) is 0. The predicted octanol–water partition coefficient (Wildman–Crippen LogP) is 2.81. The van der Waals surface area contributed by atoms with Crippen LogP contribution in [0.1, 0.15) is 59.8 Å². The van der Waals surface area contributed by atoms with Crippen LogP contribution in [-0.2, 0) is 9.59 Å². The number of aliphatic hydroxyl groups is 1. The third-order valence-corrected chi connectivity index (χ3v) is 5.32. The van der Waals surface area contributed by atoms with E-state index < -0.39 is 16.4 Å². The van der Waals surface area contributed by atoms with Crippen LogP contribution in [0.15, 0.2) is 11.6 Å². The fraction of sp³-hybridized carbons (Fsp3) is 0.750. The zero-order chi connectivity index (χ0) is 14.5. The van der Waals surface area contributed by atoms with Crippen molar-refractivity contribution in [3.05, 3.63) is 11.6 Å². The zero-order valence-electron chi connectivity index (χ0n) is 12.4. The molecule has 0 radical (unpaired) electrons. The minimum atomic E-state index is -1.81. The summed E-state index contributed by atoms with van der Waals surface area (Å²) in [5.74, 6) is -0.636. The van der Waals surface area contributed by atoms with Crippen molar-refractivity contribution < 1.29 is 14.7 Å². The van der Waals surface area contributed by atoms with Crippen molar-refractivity contribution in [1.29, 1.82) is 0 Å². The monoisotopic (exact) mass is 264 g/mol. The lowest BCUT2D eigenvalue weighted by Gasteiger charge is -2.30. The number of carbonyl (C=O) groups is 2. The number of ketones is 2. The van der Waals surface area contributed by atoms with E-state index in [1.54, 1.807) is 27.7 Å². The molecular weight excluding hydrogens is 240 g/mol. The van der Waals surface area contributed by atoms with Crippen molar-refractivity contribution >= 4 is 11.6 Å². The Hall–Kier alpha value is -0.960. The molecule has 0 aromatic heterocycles. The Morgan fingerprint density at radius 2 is 1.58 bits per heavy atom. The number of hydrogen-bond donors (Lipinski definition) is 1. The quantitative estimate of drug-likeness (QED) is 0.616. The van der Waals surface area contributed by atoms with Gasteiger partial charge in [-0.1, -0.05) is 39.3 Å². The smallest absolute Gasteiger partial charge is 0.186 e. The van der Waals surface area contributed by atoms with Gasteiger partial charge in [0.1, 0.15) is 0 Å². The molecule has 0 atom stereocenters. The highest BCUT2D eigenvalue weighted by Crippen LogP contribution is 2.53. The molecule has 0 aromatic carbocycles. The predicted molar refractivity (Wildman–Crippen MR) is 73.7 cm³/mol. The van der Waals surface area contributed by atoms with Crippen molar-refractivity contribution in [1.82, 2.24) is 0 Å². The van der Waals surface area contributed by atoms with Gasteiger partial charge in [0.2, 0.25) is 0 Å². The molecule has 2 aliphatic rings. The highest BCUT2D eigenvalue weighted by Gasteiger charge is 2.67. The molecule has 0 aliphatic heterocycles. The Morgan fingerprint density at radius 3 is 2.00 bits per heavy atom. The molecule has 106 valence electrons. The van der Waals surface area contributed by atoms with E-state index in [9.17, 15) is 14.7 Å². The number of rotatable bonds is 2. The second kappa shape index (κ2) is 4.27. The molecule has 19 heavy (non-hydrogen) atoms. The van der Waals surface area contributed by atoms with Gasteiger partial charge >= 0.3 is 0 Å². The summed E-state index contributed by atoms with van der Waals surface area (Å²) in [5.41, 5.74) is -2.37. The maximum Gasteiger partial charge on any atom is 0.186 e. The van der Waals surface area contributed by atoms with Crippen molar-refractivity contribution in [2.45, 2.75) is 65.4 Å². The van der Waals surface area contributed by atoms with E-state index in [-0.39, 0.29) is 18.0 Å². The summed E-state index contributed by atoms with van der Waals surface area (Å²) >= 11 is 0. The Labute approximate surface area is 115 Å². The third-order valence-electron chi connectivity index (χ3n) is 5.32. The summed E-state index contributed by atoms with van der Waals surface area (Å²) in [5, 5.41) is 10.7. The second-order valence-electron chi connectivity index (χ2n) is 7.05. The third kappa shape index (κ3) is 1.90. The second-order valence-corrected chi connectivity index (χ2v) is 7.05. The van der Waals surface area contributed by atoms with Gasteiger partial charge in [-0.2, -0.15) is 0 Å². The van der Waals surface area contributed by atoms with E-state index in [1.165, 1.54) is 0 Å². The Bertz CT molecular complexity index is 429. The number of carbonyl (C=O) groups excluding carboxylic acids is 2. The Morgan fingerprint density at radius 1 is 1.05 bits per heavy atom. The first kappa shape index (κ1) is 14.4. The molecule has 0 heterocycles. The van der Waals surface area contributed by atoms with Crippen LogP contribution in [0.5, 0.6) is 0 Å². The lowest BCUT2D eigenvalue weighted by Crippen LogP contribution is -2.44. The zero-order valence-corrected chi connectivity index (χ0v) is 12.4. The molecule has 1 fully saturated rings. The average Bonchev–Trinajstić information content (AvgIpc) is 2.44. The average molecular weight is 264 g/mol. The van der Waals surface area contributed by atoms with E-state index >= 15 is 0 Å². The van der Waals surface area contributed by atoms with Gasteiger partial charge in [0.25, 0.3) is 0 Å². The molecule has 1 saturated carbocycles. The van der Waals surface area contributed by atoms with Gasteiger partial charge in [-0.05, 0) is 25.7 Å². The lowest BCUT2D eigenvalue weighted by molar-refractivity contribution is -0.147. The van der Waals surface area contributed by atoms with E-state index in [0.29, 0.717) is 0 Å². The maximum absolute atomic E-state index is 12.6. The van der Waals surface area contributed by atoms with E-state index in [2.05, 4.69) is 6.08 Å². The van der Waals surface area contributed by atoms with Gasteiger partial charge < -0.3 is 5.11 Å². The highest BCUT2D eigenvalue weighted by molar-refractivity contribution is 6.21. The van der Waals surface area contributed by atoms with Gasteiger partial charge in [0.05, 0.1) is 0 Å². The van der Waals surface area contributed by atoms with Crippen LogP contribution < -0.4 is 0 Å². The van der Waals surface area contributed by atoms with Gasteiger partial charge in [-0.25, -0.2) is 0 Å². The van der Waals surface area contributed by atoms with Crippen LogP contribution in [0.3, 0.4) is 0 Å². The number of Topliss-reactive ketones (excluding diaryl/α,β-unsaturated/α-hetero) is 2. The molecular formula is C16H24O3. The SMILES string of the molecule is CC1(C)C(=O)C(O)(CC2=CCCCC2)C(=O)C1(C)C. The van der Waals surface area contributed by atoms with Crippen molar-refractivity contribution in [2.75, 3.05) is 0 Å². The molecule has 0 saturated heterocycles. The summed E-state index contributed by atoms with van der Waals surface area (Å²) in [6.07, 6.45) is 6.39. The molecule has 0 unspecified atom stereocenters.